The van der Waals surface area contributed by atoms with Crippen LogP contribution in [-0.2, 0) is 4.74 Å². The van der Waals surface area contributed by atoms with Crippen LogP contribution in [0.25, 0.3) is 5.52 Å². The van der Waals surface area contributed by atoms with Gasteiger partial charge in [0.25, 0.3) is 0 Å². The molecule has 0 amide bonds. The largest absolute Gasteiger partial charge is 0.461 e. The van der Waals surface area contributed by atoms with Crippen molar-refractivity contribution in [2.24, 2.45) is 0 Å². The molecular weight excluding hydrogens is 216 g/mol. The van der Waals surface area contributed by atoms with Gasteiger partial charge < -0.3 is 4.74 Å². The van der Waals surface area contributed by atoms with E-state index < -0.39 is 5.97 Å². The first kappa shape index (κ1) is 9.98. The van der Waals surface area contributed by atoms with Crippen molar-refractivity contribution in [2.45, 2.75) is 6.92 Å². The maximum absolute atomic E-state index is 11.4. The van der Waals surface area contributed by atoms with Crippen molar-refractivity contribution in [3.05, 3.63) is 35.1 Å². The van der Waals surface area contributed by atoms with Crippen LogP contribution in [0.15, 0.2) is 24.4 Å². The summed E-state index contributed by atoms with van der Waals surface area (Å²) in [7, 11) is 0. The molecule has 0 aliphatic carbocycles. The second-order valence-electron chi connectivity index (χ2n) is 2.94. The van der Waals surface area contributed by atoms with E-state index in [9.17, 15) is 4.79 Å². The minimum atomic E-state index is -0.433. The lowest BCUT2D eigenvalue weighted by molar-refractivity contribution is 0.0519. The van der Waals surface area contributed by atoms with Crippen molar-refractivity contribution in [3.8, 4) is 0 Å². The molecule has 0 unspecified atom stereocenters. The Morgan fingerprint density at radius 3 is 3.13 bits per heavy atom. The Bertz CT molecular complexity index is 507. The van der Waals surface area contributed by atoms with Crippen LogP contribution in [0.4, 0.5) is 0 Å². The lowest BCUT2D eigenvalue weighted by Gasteiger charge is -1.95. The number of hydrogen-bond acceptors (Lipinski definition) is 3. The van der Waals surface area contributed by atoms with Gasteiger partial charge in [0.15, 0.2) is 5.69 Å². The van der Waals surface area contributed by atoms with E-state index >= 15 is 0 Å². The first-order valence-electron chi connectivity index (χ1n) is 4.53. The van der Waals surface area contributed by atoms with Gasteiger partial charge in [0.1, 0.15) is 0 Å². The van der Waals surface area contributed by atoms with Crippen LogP contribution >= 0.6 is 11.6 Å². The van der Waals surface area contributed by atoms with Crippen molar-refractivity contribution < 1.29 is 9.53 Å². The summed E-state index contributed by atoms with van der Waals surface area (Å²) in [6.07, 6.45) is 1.73. The zero-order valence-electron chi connectivity index (χ0n) is 8.11. The summed E-state index contributed by atoms with van der Waals surface area (Å²) < 4.78 is 6.39. The maximum atomic E-state index is 11.4. The molecule has 0 aliphatic rings. The summed E-state index contributed by atoms with van der Waals surface area (Å²) in [5.74, 6) is -0.433. The van der Waals surface area contributed by atoms with Gasteiger partial charge in [-0.15, -0.1) is 0 Å². The zero-order chi connectivity index (χ0) is 10.8. The molecule has 0 radical (unpaired) electrons. The monoisotopic (exact) mass is 224 g/mol. The smallest absolute Gasteiger partial charge is 0.358 e. The molecule has 2 heterocycles. The predicted molar refractivity (Wildman–Crippen MR) is 56.2 cm³/mol. The van der Waals surface area contributed by atoms with Crippen LogP contribution in [0, 0.1) is 0 Å². The van der Waals surface area contributed by atoms with Crippen LogP contribution in [0.2, 0.25) is 5.02 Å². The molecule has 0 aromatic carbocycles. The van der Waals surface area contributed by atoms with Crippen LogP contribution in [-0.4, -0.2) is 22.2 Å². The normalized spacial score (nSPS) is 10.5. The second kappa shape index (κ2) is 3.90. The molecule has 2 aromatic rings. The number of fused-ring (bicyclic) bond motifs is 1. The van der Waals surface area contributed by atoms with Crippen LogP contribution < -0.4 is 0 Å². The second-order valence-corrected chi connectivity index (χ2v) is 3.34. The molecule has 0 fully saturated rings. The standard InChI is InChI=1S/C10H9ClN2O2/c1-2-15-10(14)8-6-9-7(11)4-3-5-13(9)12-8/h3-6H,2H2,1H3. The summed E-state index contributed by atoms with van der Waals surface area (Å²) in [6.45, 7) is 2.08. The number of halogens is 1. The van der Waals surface area contributed by atoms with Crippen LogP contribution in [0.5, 0.6) is 0 Å². The molecule has 15 heavy (non-hydrogen) atoms. The Kier molecular flexibility index (Phi) is 2.60. The number of carbonyl (C=O) groups is 1. The van der Waals surface area contributed by atoms with Gasteiger partial charge >= 0.3 is 5.97 Å². The SMILES string of the molecule is CCOC(=O)c1cc2c(Cl)cccn2n1. The summed E-state index contributed by atoms with van der Waals surface area (Å²) in [4.78, 5) is 11.4. The molecule has 2 rings (SSSR count). The van der Waals surface area contributed by atoms with Crippen molar-refractivity contribution in [1.82, 2.24) is 9.61 Å². The number of carbonyl (C=O) groups excluding carboxylic acids is 1. The highest BCUT2D eigenvalue weighted by atomic mass is 35.5. The number of aromatic nitrogens is 2. The van der Waals surface area contributed by atoms with Gasteiger partial charge in [0.05, 0.1) is 17.1 Å². The minimum Gasteiger partial charge on any atom is -0.461 e. The summed E-state index contributed by atoms with van der Waals surface area (Å²) in [5.41, 5.74) is 0.965. The van der Waals surface area contributed by atoms with Gasteiger partial charge in [-0.25, -0.2) is 9.31 Å². The molecule has 2 aromatic heterocycles. The van der Waals surface area contributed by atoms with Gasteiger partial charge in [0, 0.05) is 12.3 Å². The van der Waals surface area contributed by atoms with Crippen LogP contribution in [0.1, 0.15) is 17.4 Å². The number of ether oxygens (including phenoxy) is 1. The Labute approximate surface area is 91.4 Å². The van der Waals surface area contributed by atoms with Gasteiger partial charge in [-0.1, -0.05) is 11.6 Å². The first-order valence-corrected chi connectivity index (χ1v) is 4.91. The lowest BCUT2D eigenvalue weighted by Crippen LogP contribution is -2.05. The molecule has 0 aliphatic heterocycles. The average molecular weight is 225 g/mol. The first-order chi connectivity index (χ1) is 7.22. The Morgan fingerprint density at radius 2 is 2.47 bits per heavy atom. The number of rotatable bonds is 2. The molecular formula is C10H9ClN2O2. The fourth-order valence-electron chi connectivity index (χ4n) is 1.29. The average Bonchev–Trinajstić information content (AvgIpc) is 2.63. The van der Waals surface area contributed by atoms with Crippen molar-refractivity contribution in [2.75, 3.05) is 6.61 Å². The molecule has 4 nitrogen and oxygen atoms in total. The topological polar surface area (TPSA) is 43.6 Å². The summed E-state index contributed by atoms with van der Waals surface area (Å²) in [6, 6.07) is 5.12. The number of hydrogen-bond donors (Lipinski definition) is 0. The van der Waals surface area contributed by atoms with E-state index in [1.165, 1.54) is 0 Å². The minimum absolute atomic E-state index is 0.268. The number of nitrogens with zero attached hydrogens (tertiary/aromatic N) is 2. The molecule has 5 heteroatoms. The van der Waals surface area contributed by atoms with Crippen molar-refractivity contribution in [3.63, 3.8) is 0 Å². The molecule has 78 valence electrons. The van der Waals surface area contributed by atoms with E-state index in [1.54, 1.807) is 35.8 Å². The van der Waals surface area contributed by atoms with E-state index in [0.29, 0.717) is 17.1 Å². The fourth-order valence-corrected chi connectivity index (χ4v) is 1.50. The summed E-state index contributed by atoms with van der Waals surface area (Å²) in [5, 5.41) is 4.61. The maximum Gasteiger partial charge on any atom is 0.358 e. The summed E-state index contributed by atoms with van der Waals surface area (Å²) >= 11 is 5.94. The fraction of sp³-hybridized carbons (Fsp3) is 0.200. The quantitative estimate of drug-likeness (QED) is 0.735. The number of esters is 1. The van der Waals surface area contributed by atoms with E-state index in [2.05, 4.69) is 5.10 Å². The van der Waals surface area contributed by atoms with E-state index in [0.717, 1.165) is 0 Å². The Balaban J connectivity index is 2.47. The van der Waals surface area contributed by atoms with Crippen molar-refractivity contribution in [1.29, 1.82) is 0 Å². The Hall–Kier alpha value is -1.55. The highest BCUT2D eigenvalue weighted by Gasteiger charge is 2.12. The third kappa shape index (κ3) is 1.80. The van der Waals surface area contributed by atoms with Gasteiger partial charge in [-0.3, -0.25) is 0 Å². The molecule has 0 atom stereocenters. The lowest BCUT2D eigenvalue weighted by atomic mass is 10.3. The molecule has 0 spiro atoms. The third-order valence-electron chi connectivity index (χ3n) is 1.93. The zero-order valence-corrected chi connectivity index (χ0v) is 8.86. The highest BCUT2D eigenvalue weighted by molar-refractivity contribution is 6.33. The van der Waals surface area contributed by atoms with E-state index in [1.807, 2.05) is 0 Å². The molecule has 0 saturated carbocycles. The van der Waals surface area contributed by atoms with Gasteiger partial charge in [-0.05, 0) is 19.1 Å². The van der Waals surface area contributed by atoms with Gasteiger partial charge in [-0.2, -0.15) is 5.10 Å². The third-order valence-corrected chi connectivity index (χ3v) is 2.25. The van der Waals surface area contributed by atoms with Gasteiger partial charge in [0.2, 0.25) is 0 Å². The van der Waals surface area contributed by atoms with E-state index in [4.69, 9.17) is 16.3 Å². The number of pyridine rings is 1. The van der Waals surface area contributed by atoms with E-state index in [-0.39, 0.29) is 5.69 Å². The Morgan fingerprint density at radius 1 is 1.67 bits per heavy atom. The molecule has 0 N–H and O–H groups in total. The predicted octanol–water partition coefficient (Wildman–Crippen LogP) is 2.16. The highest BCUT2D eigenvalue weighted by Crippen LogP contribution is 2.17. The molecule has 0 bridgehead atoms. The van der Waals surface area contributed by atoms with Crippen molar-refractivity contribution >= 4 is 23.1 Å². The van der Waals surface area contributed by atoms with Crippen LogP contribution in [0.3, 0.4) is 0 Å². The molecule has 0 saturated heterocycles.